The first-order valence-electron chi connectivity index (χ1n) is 8.90. The Morgan fingerprint density at radius 1 is 0.786 bits per heavy atom. The van der Waals surface area contributed by atoms with Gasteiger partial charge in [0.2, 0.25) is 20.0 Å². The lowest BCUT2D eigenvalue weighted by atomic mass is 10.2. The molecule has 0 unspecified atom stereocenters. The van der Waals surface area contributed by atoms with Crippen LogP contribution in [0.25, 0.3) is 0 Å². The summed E-state index contributed by atoms with van der Waals surface area (Å²) in [6.45, 7) is 6.86. The Morgan fingerprint density at radius 2 is 1.11 bits per heavy atom. The zero-order chi connectivity index (χ0) is 21.0. The molecule has 0 radical (unpaired) electrons. The fraction of sp³-hybridized carbons (Fsp3) is 0.625. The molecule has 12 heteroatoms. The SMILES string of the molecule is Cc1nn(C)cc1S(=O)(=O)N1C[C@H](C)N(S(=O)(=O)c2cn(C)nc2C)C[C@@H]1C. The maximum absolute atomic E-state index is 13.2. The lowest BCUT2D eigenvalue weighted by Gasteiger charge is -2.42. The maximum Gasteiger partial charge on any atom is 0.246 e. The monoisotopic (exact) mass is 430 g/mol. The van der Waals surface area contributed by atoms with Crippen LogP contribution in [0, 0.1) is 13.8 Å². The van der Waals surface area contributed by atoms with Crippen LogP contribution in [0.4, 0.5) is 0 Å². The van der Waals surface area contributed by atoms with Crippen LogP contribution in [-0.2, 0) is 34.1 Å². The van der Waals surface area contributed by atoms with Crippen LogP contribution in [0.2, 0.25) is 0 Å². The second kappa shape index (κ2) is 6.94. The minimum atomic E-state index is -3.78. The van der Waals surface area contributed by atoms with Crippen LogP contribution in [0.3, 0.4) is 0 Å². The predicted octanol–water partition coefficient (Wildman–Crippen LogP) is 0.243. The Kier molecular flexibility index (Phi) is 5.19. The molecule has 0 spiro atoms. The predicted molar refractivity (Wildman–Crippen MR) is 103 cm³/mol. The molecule has 1 aliphatic rings. The molecule has 2 atom stereocenters. The van der Waals surface area contributed by atoms with E-state index in [1.54, 1.807) is 41.8 Å². The van der Waals surface area contributed by atoms with Gasteiger partial charge in [-0.3, -0.25) is 9.36 Å². The molecule has 0 aromatic carbocycles. The van der Waals surface area contributed by atoms with E-state index in [4.69, 9.17) is 0 Å². The zero-order valence-corrected chi connectivity index (χ0v) is 18.5. The van der Waals surface area contributed by atoms with Gasteiger partial charge in [0.25, 0.3) is 0 Å². The largest absolute Gasteiger partial charge is 0.274 e. The van der Waals surface area contributed by atoms with Gasteiger partial charge in [-0.2, -0.15) is 18.8 Å². The van der Waals surface area contributed by atoms with Crippen molar-refractivity contribution >= 4 is 20.0 Å². The van der Waals surface area contributed by atoms with Gasteiger partial charge in [-0.1, -0.05) is 0 Å². The molecule has 28 heavy (non-hydrogen) atoms. The van der Waals surface area contributed by atoms with Crippen molar-refractivity contribution in [2.45, 2.75) is 49.6 Å². The number of aryl methyl sites for hydroxylation is 4. The summed E-state index contributed by atoms with van der Waals surface area (Å²) in [5, 5.41) is 8.23. The Morgan fingerprint density at radius 3 is 1.36 bits per heavy atom. The summed E-state index contributed by atoms with van der Waals surface area (Å²) >= 11 is 0. The standard InChI is InChI=1S/C16H26N6O4S2/c1-11-7-22(28(25,26)16-10-20(6)18-14(16)4)12(2)8-21(11)27(23,24)15-9-19(5)17-13(15)3/h9-12H,7-8H2,1-6H3/t11-,12-/m0/s1. The molecule has 3 heterocycles. The average molecular weight is 431 g/mol. The van der Waals surface area contributed by atoms with Gasteiger partial charge in [0.1, 0.15) is 9.79 Å². The van der Waals surface area contributed by atoms with Gasteiger partial charge >= 0.3 is 0 Å². The van der Waals surface area contributed by atoms with Crippen LogP contribution in [0.15, 0.2) is 22.2 Å². The highest BCUT2D eigenvalue weighted by Crippen LogP contribution is 2.29. The van der Waals surface area contributed by atoms with Crippen molar-refractivity contribution in [2.24, 2.45) is 14.1 Å². The van der Waals surface area contributed by atoms with E-state index in [1.807, 2.05) is 0 Å². The van der Waals surface area contributed by atoms with Gasteiger partial charge < -0.3 is 0 Å². The Hall–Kier alpha value is -1.76. The Balaban J connectivity index is 1.93. The third-order valence-electron chi connectivity index (χ3n) is 4.98. The molecule has 1 aliphatic heterocycles. The molecular formula is C16H26N6O4S2. The molecule has 10 nitrogen and oxygen atoms in total. The molecular weight excluding hydrogens is 404 g/mol. The first-order valence-corrected chi connectivity index (χ1v) is 11.8. The van der Waals surface area contributed by atoms with Gasteiger partial charge in [-0.15, -0.1) is 0 Å². The Bertz CT molecular complexity index is 1010. The maximum atomic E-state index is 13.2. The Labute approximate surface area is 165 Å². The second-order valence-electron chi connectivity index (χ2n) is 7.35. The van der Waals surface area contributed by atoms with Gasteiger partial charge in [-0.25, -0.2) is 16.8 Å². The molecule has 2 aromatic rings. The van der Waals surface area contributed by atoms with Gasteiger partial charge in [0, 0.05) is 51.7 Å². The molecule has 0 aliphatic carbocycles. The molecule has 0 N–H and O–H groups in total. The van der Waals surface area contributed by atoms with Crippen molar-refractivity contribution in [1.29, 1.82) is 0 Å². The van der Waals surface area contributed by atoms with E-state index in [0.29, 0.717) is 11.4 Å². The van der Waals surface area contributed by atoms with E-state index < -0.39 is 32.1 Å². The zero-order valence-electron chi connectivity index (χ0n) is 16.9. The van der Waals surface area contributed by atoms with Crippen molar-refractivity contribution < 1.29 is 16.8 Å². The normalized spacial score (nSPS) is 22.6. The topological polar surface area (TPSA) is 110 Å². The molecule has 1 fully saturated rings. The van der Waals surface area contributed by atoms with Crippen molar-refractivity contribution in [3.8, 4) is 0 Å². The minimum absolute atomic E-state index is 0.0658. The third-order valence-corrected chi connectivity index (χ3v) is 9.15. The molecule has 0 saturated carbocycles. The number of hydrogen-bond donors (Lipinski definition) is 0. The quantitative estimate of drug-likeness (QED) is 0.687. The molecule has 2 aromatic heterocycles. The molecule has 0 bridgehead atoms. The smallest absolute Gasteiger partial charge is 0.246 e. The first kappa shape index (κ1) is 21.0. The fourth-order valence-corrected chi connectivity index (χ4v) is 7.46. The second-order valence-corrected chi connectivity index (χ2v) is 11.1. The van der Waals surface area contributed by atoms with Gasteiger partial charge in [0.05, 0.1) is 11.4 Å². The van der Waals surface area contributed by atoms with Crippen LogP contribution in [-0.4, -0.2) is 70.2 Å². The minimum Gasteiger partial charge on any atom is -0.274 e. The highest BCUT2D eigenvalue weighted by atomic mass is 32.2. The number of hydrogen-bond acceptors (Lipinski definition) is 6. The summed E-state index contributed by atoms with van der Waals surface area (Å²) in [7, 11) is -4.23. The van der Waals surface area contributed by atoms with Crippen molar-refractivity contribution in [3.63, 3.8) is 0 Å². The van der Waals surface area contributed by atoms with Crippen LogP contribution >= 0.6 is 0 Å². The first-order chi connectivity index (χ1) is 12.9. The molecule has 3 rings (SSSR count). The summed E-state index contributed by atoms with van der Waals surface area (Å²) in [5.41, 5.74) is 0.840. The summed E-state index contributed by atoms with van der Waals surface area (Å²) in [4.78, 5) is 0.293. The van der Waals surface area contributed by atoms with Crippen LogP contribution < -0.4 is 0 Å². The lowest BCUT2D eigenvalue weighted by molar-refractivity contribution is 0.163. The number of rotatable bonds is 4. The van der Waals surface area contributed by atoms with E-state index in [2.05, 4.69) is 10.2 Å². The molecule has 1 saturated heterocycles. The summed E-state index contributed by atoms with van der Waals surface area (Å²) in [6, 6.07) is -1.04. The average Bonchev–Trinajstić information content (AvgIpc) is 3.10. The molecule has 0 amide bonds. The summed E-state index contributed by atoms with van der Waals surface area (Å²) in [5.74, 6) is 0. The van der Waals surface area contributed by atoms with Gasteiger partial charge in [-0.05, 0) is 27.7 Å². The highest BCUT2D eigenvalue weighted by molar-refractivity contribution is 7.89. The molecule has 156 valence electrons. The van der Waals surface area contributed by atoms with E-state index in [9.17, 15) is 16.8 Å². The van der Waals surface area contributed by atoms with Gasteiger partial charge in [0.15, 0.2) is 0 Å². The van der Waals surface area contributed by atoms with Crippen molar-refractivity contribution in [2.75, 3.05) is 13.1 Å². The van der Waals surface area contributed by atoms with E-state index in [1.165, 1.54) is 30.4 Å². The number of sulfonamides is 2. The number of piperazine rings is 1. The van der Waals surface area contributed by atoms with Crippen LogP contribution in [0.5, 0.6) is 0 Å². The lowest BCUT2D eigenvalue weighted by Crippen LogP contribution is -2.59. The van der Waals surface area contributed by atoms with E-state index >= 15 is 0 Å². The van der Waals surface area contributed by atoms with Crippen molar-refractivity contribution in [1.82, 2.24) is 28.2 Å². The van der Waals surface area contributed by atoms with E-state index in [0.717, 1.165) is 0 Å². The third kappa shape index (κ3) is 3.38. The van der Waals surface area contributed by atoms with E-state index in [-0.39, 0.29) is 22.9 Å². The number of nitrogens with zero attached hydrogens (tertiary/aromatic N) is 6. The summed E-state index contributed by atoms with van der Waals surface area (Å²) < 4.78 is 58.3. The number of aromatic nitrogens is 4. The van der Waals surface area contributed by atoms with Crippen molar-refractivity contribution in [3.05, 3.63) is 23.8 Å². The highest BCUT2D eigenvalue weighted by Gasteiger charge is 2.43. The van der Waals surface area contributed by atoms with Crippen LogP contribution in [0.1, 0.15) is 25.2 Å². The fourth-order valence-electron chi connectivity index (χ4n) is 3.65. The summed E-state index contributed by atoms with van der Waals surface area (Å²) in [6.07, 6.45) is 2.95.